The maximum atomic E-state index is 13.1. The molecule has 3 aromatic carbocycles. The van der Waals surface area contributed by atoms with Crippen LogP contribution in [0.1, 0.15) is 5.56 Å². The molecule has 154 valence electrons. The Hall–Kier alpha value is -3.04. The van der Waals surface area contributed by atoms with E-state index in [1.165, 1.54) is 42.6 Å². The van der Waals surface area contributed by atoms with E-state index in [2.05, 4.69) is 26.5 Å². The lowest BCUT2D eigenvalue weighted by atomic mass is 10.2. The van der Waals surface area contributed by atoms with Gasteiger partial charge < -0.3 is 0 Å². The van der Waals surface area contributed by atoms with Crippen LogP contribution in [-0.4, -0.2) is 27.1 Å². The van der Waals surface area contributed by atoms with Gasteiger partial charge in [-0.25, -0.2) is 18.2 Å². The standard InChI is InChI=1S/C21H17BrFN3O3S/c22-17-8-12-19(13-9-17)26(30(28,29)20-4-2-1-3-5-20)15-21(27)25-24-14-16-6-10-18(23)11-7-16/h1-14H,15H2,(H,25,27)/b24-14-. The first-order valence-corrected chi connectivity index (χ1v) is 11.0. The Labute approximate surface area is 182 Å². The number of sulfonamides is 1. The maximum absolute atomic E-state index is 13.1. The number of nitrogens with zero attached hydrogens (tertiary/aromatic N) is 2. The van der Waals surface area contributed by atoms with E-state index in [9.17, 15) is 17.6 Å². The molecule has 3 rings (SSSR count). The van der Waals surface area contributed by atoms with Crippen molar-refractivity contribution in [2.24, 2.45) is 5.10 Å². The van der Waals surface area contributed by atoms with Crippen molar-refractivity contribution < 1.29 is 17.6 Å². The van der Waals surface area contributed by atoms with E-state index in [0.717, 1.165) is 8.78 Å². The van der Waals surface area contributed by atoms with Crippen LogP contribution >= 0.6 is 15.9 Å². The van der Waals surface area contributed by atoms with Crippen LogP contribution in [0.15, 0.2) is 93.3 Å². The van der Waals surface area contributed by atoms with Crippen molar-refractivity contribution in [3.63, 3.8) is 0 Å². The monoisotopic (exact) mass is 489 g/mol. The largest absolute Gasteiger partial charge is 0.271 e. The Bertz CT molecular complexity index is 1140. The van der Waals surface area contributed by atoms with Crippen molar-refractivity contribution in [1.29, 1.82) is 0 Å². The van der Waals surface area contributed by atoms with Gasteiger partial charge in [-0.3, -0.25) is 9.10 Å². The zero-order valence-electron chi connectivity index (χ0n) is 15.6. The number of halogens is 2. The van der Waals surface area contributed by atoms with Crippen LogP contribution in [0.4, 0.5) is 10.1 Å². The second-order valence-corrected chi connectivity index (χ2v) is 8.92. The second kappa shape index (κ2) is 9.64. The number of rotatable bonds is 7. The van der Waals surface area contributed by atoms with E-state index in [1.807, 2.05) is 0 Å². The summed E-state index contributed by atoms with van der Waals surface area (Å²) in [6.45, 7) is -0.473. The van der Waals surface area contributed by atoms with Crippen LogP contribution in [0.5, 0.6) is 0 Å². The van der Waals surface area contributed by atoms with Gasteiger partial charge in [-0.1, -0.05) is 46.3 Å². The number of hydrogen-bond donors (Lipinski definition) is 1. The lowest BCUT2D eigenvalue weighted by Crippen LogP contribution is -2.39. The highest BCUT2D eigenvalue weighted by molar-refractivity contribution is 9.10. The van der Waals surface area contributed by atoms with Gasteiger partial charge in [0.1, 0.15) is 12.4 Å². The number of nitrogens with one attached hydrogen (secondary N) is 1. The number of amides is 1. The highest BCUT2D eigenvalue weighted by Gasteiger charge is 2.27. The molecule has 0 saturated carbocycles. The van der Waals surface area contributed by atoms with Crippen molar-refractivity contribution in [3.8, 4) is 0 Å². The topological polar surface area (TPSA) is 78.8 Å². The molecular weight excluding hydrogens is 473 g/mol. The van der Waals surface area contributed by atoms with Crippen LogP contribution in [0.25, 0.3) is 0 Å². The zero-order valence-corrected chi connectivity index (χ0v) is 18.0. The van der Waals surface area contributed by atoms with Crippen LogP contribution < -0.4 is 9.73 Å². The van der Waals surface area contributed by atoms with Gasteiger partial charge in [-0.2, -0.15) is 5.10 Å². The minimum absolute atomic E-state index is 0.0653. The maximum Gasteiger partial charge on any atom is 0.264 e. The van der Waals surface area contributed by atoms with E-state index in [1.54, 1.807) is 42.5 Å². The second-order valence-electron chi connectivity index (χ2n) is 6.15. The van der Waals surface area contributed by atoms with E-state index < -0.39 is 22.5 Å². The first-order valence-electron chi connectivity index (χ1n) is 8.77. The lowest BCUT2D eigenvalue weighted by Gasteiger charge is -2.23. The van der Waals surface area contributed by atoms with Gasteiger partial charge in [0.2, 0.25) is 0 Å². The Kier molecular flexibility index (Phi) is 6.96. The predicted octanol–water partition coefficient (Wildman–Crippen LogP) is 3.93. The smallest absolute Gasteiger partial charge is 0.264 e. The van der Waals surface area contributed by atoms with Gasteiger partial charge in [0.05, 0.1) is 16.8 Å². The Morgan fingerprint density at radius 1 is 1.00 bits per heavy atom. The predicted molar refractivity (Wildman–Crippen MR) is 117 cm³/mol. The molecule has 0 aromatic heterocycles. The molecule has 1 N–H and O–H groups in total. The summed E-state index contributed by atoms with van der Waals surface area (Å²) >= 11 is 3.31. The van der Waals surface area contributed by atoms with Crippen molar-refractivity contribution in [3.05, 3.63) is 94.7 Å². The minimum Gasteiger partial charge on any atom is -0.271 e. The highest BCUT2D eigenvalue weighted by atomic mass is 79.9. The van der Waals surface area contributed by atoms with Crippen molar-refractivity contribution in [1.82, 2.24) is 5.43 Å². The molecule has 1 amide bonds. The molecule has 0 aliphatic heterocycles. The quantitative estimate of drug-likeness (QED) is 0.403. The van der Waals surface area contributed by atoms with Gasteiger partial charge >= 0.3 is 0 Å². The fraction of sp³-hybridized carbons (Fsp3) is 0.0476. The number of hydrazone groups is 1. The summed E-state index contributed by atoms with van der Waals surface area (Å²) in [5, 5.41) is 3.81. The molecule has 3 aromatic rings. The van der Waals surface area contributed by atoms with Gasteiger partial charge in [-0.15, -0.1) is 0 Å². The summed E-state index contributed by atoms with van der Waals surface area (Å²) in [7, 11) is -3.98. The molecule has 6 nitrogen and oxygen atoms in total. The number of carbonyl (C=O) groups is 1. The Morgan fingerprint density at radius 3 is 2.27 bits per heavy atom. The van der Waals surface area contributed by atoms with Gasteiger partial charge in [0.25, 0.3) is 15.9 Å². The molecule has 9 heteroatoms. The van der Waals surface area contributed by atoms with Crippen molar-refractivity contribution in [2.45, 2.75) is 4.90 Å². The summed E-state index contributed by atoms with van der Waals surface area (Å²) in [5.74, 6) is -1.01. The molecule has 0 saturated heterocycles. The molecule has 0 unspecified atom stereocenters. The third-order valence-electron chi connectivity index (χ3n) is 4.01. The number of anilines is 1. The fourth-order valence-electron chi connectivity index (χ4n) is 2.54. The Balaban J connectivity index is 1.81. The Morgan fingerprint density at radius 2 is 1.63 bits per heavy atom. The summed E-state index contributed by atoms with van der Waals surface area (Å²) in [6, 6.07) is 20.0. The van der Waals surface area contributed by atoms with E-state index >= 15 is 0 Å². The zero-order chi connectivity index (χ0) is 21.6. The normalized spacial score (nSPS) is 11.4. The molecular formula is C21H17BrFN3O3S. The highest BCUT2D eigenvalue weighted by Crippen LogP contribution is 2.25. The molecule has 0 fully saturated rings. The summed E-state index contributed by atoms with van der Waals surface area (Å²) in [6.07, 6.45) is 1.34. The summed E-state index contributed by atoms with van der Waals surface area (Å²) in [5.41, 5.74) is 3.22. The van der Waals surface area contributed by atoms with Crippen LogP contribution in [-0.2, 0) is 14.8 Å². The first-order chi connectivity index (χ1) is 14.4. The van der Waals surface area contributed by atoms with Gasteiger partial charge in [0.15, 0.2) is 0 Å². The van der Waals surface area contributed by atoms with E-state index in [-0.39, 0.29) is 10.7 Å². The number of carbonyl (C=O) groups excluding carboxylic acids is 1. The molecule has 0 heterocycles. The summed E-state index contributed by atoms with van der Waals surface area (Å²) < 4.78 is 41.0. The third-order valence-corrected chi connectivity index (χ3v) is 6.32. The van der Waals surface area contributed by atoms with Crippen LogP contribution in [0.2, 0.25) is 0 Å². The third kappa shape index (κ3) is 5.52. The SMILES string of the molecule is O=C(CN(c1ccc(Br)cc1)S(=O)(=O)c1ccccc1)N/N=C\c1ccc(F)cc1. The van der Waals surface area contributed by atoms with E-state index in [0.29, 0.717) is 11.3 Å². The van der Waals surface area contributed by atoms with Crippen LogP contribution in [0, 0.1) is 5.82 Å². The van der Waals surface area contributed by atoms with Crippen molar-refractivity contribution in [2.75, 3.05) is 10.8 Å². The molecule has 0 bridgehead atoms. The molecule has 0 aliphatic rings. The average Bonchev–Trinajstić information content (AvgIpc) is 2.75. The van der Waals surface area contributed by atoms with Crippen molar-refractivity contribution >= 4 is 43.8 Å². The molecule has 0 aliphatic carbocycles. The first kappa shape index (κ1) is 21.7. The molecule has 0 atom stereocenters. The number of hydrogen-bond acceptors (Lipinski definition) is 4. The number of benzene rings is 3. The van der Waals surface area contributed by atoms with Gasteiger partial charge in [0, 0.05) is 4.47 Å². The fourth-order valence-corrected chi connectivity index (χ4v) is 4.24. The summed E-state index contributed by atoms with van der Waals surface area (Å²) in [4.78, 5) is 12.5. The lowest BCUT2D eigenvalue weighted by molar-refractivity contribution is -0.119. The minimum atomic E-state index is -3.98. The average molecular weight is 490 g/mol. The molecule has 0 radical (unpaired) electrons. The van der Waals surface area contributed by atoms with Gasteiger partial charge in [-0.05, 0) is 54.1 Å². The molecule has 0 spiro atoms. The van der Waals surface area contributed by atoms with E-state index in [4.69, 9.17) is 0 Å². The van der Waals surface area contributed by atoms with Crippen LogP contribution in [0.3, 0.4) is 0 Å². The molecule has 30 heavy (non-hydrogen) atoms.